The number of hydrogen-bond donors (Lipinski definition) is 1. The van der Waals surface area contributed by atoms with Crippen LogP contribution < -0.4 is 5.32 Å². The fraction of sp³-hybridized carbons (Fsp3) is 0.417. The predicted octanol–water partition coefficient (Wildman–Crippen LogP) is 4.33. The lowest BCUT2D eigenvalue weighted by Crippen LogP contribution is -2.41. The van der Waals surface area contributed by atoms with Gasteiger partial charge in [0.2, 0.25) is 15.9 Å². The van der Waals surface area contributed by atoms with Crippen molar-refractivity contribution in [1.29, 1.82) is 5.26 Å². The van der Waals surface area contributed by atoms with Crippen LogP contribution in [0.1, 0.15) is 50.2 Å². The van der Waals surface area contributed by atoms with Gasteiger partial charge in [0.05, 0.1) is 10.5 Å². The third-order valence-electron chi connectivity index (χ3n) is 5.74. The first-order valence-corrected chi connectivity index (χ1v) is 12.3. The summed E-state index contributed by atoms with van der Waals surface area (Å²) in [6.07, 6.45) is 5.53. The van der Waals surface area contributed by atoms with Crippen LogP contribution in [0.4, 0.5) is 5.69 Å². The number of nitriles is 1. The van der Waals surface area contributed by atoms with Gasteiger partial charge in [0.1, 0.15) is 6.07 Å². The Balaban J connectivity index is 1.56. The molecule has 0 saturated carbocycles. The Morgan fingerprint density at radius 2 is 1.77 bits per heavy atom. The van der Waals surface area contributed by atoms with Crippen LogP contribution in [0.3, 0.4) is 0 Å². The van der Waals surface area contributed by atoms with E-state index in [1.54, 1.807) is 12.1 Å². The Hall–Kier alpha value is -2.69. The van der Waals surface area contributed by atoms with Crippen molar-refractivity contribution < 1.29 is 13.2 Å². The number of anilines is 1. The molecule has 0 aliphatic carbocycles. The summed E-state index contributed by atoms with van der Waals surface area (Å²) in [7, 11) is -3.75. The lowest BCUT2D eigenvalue weighted by molar-refractivity contribution is -0.120. The van der Waals surface area contributed by atoms with Gasteiger partial charge in [-0.3, -0.25) is 4.79 Å². The molecule has 0 radical (unpaired) electrons. The summed E-state index contributed by atoms with van der Waals surface area (Å²) >= 11 is 0. The van der Waals surface area contributed by atoms with Crippen molar-refractivity contribution in [1.82, 2.24) is 4.31 Å². The van der Waals surface area contributed by atoms with E-state index in [1.807, 2.05) is 30.3 Å². The highest BCUT2D eigenvalue weighted by Crippen LogP contribution is 2.26. The first-order valence-electron chi connectivity index (χ1n) is 10.8. The number of carbonyl (C=O) groups excluding carboxylic acids is 1. The molecule has 0 spiro atoms. The van der Waals surface area contributed by atoms with Crippen LogP contribution in [0.5, 0.6) is 0 Å². The SMILES string of the molecule is CCCCCc1ccc(NC(=O)C2CCN(S(=O)(=O)c3ccccc3C#N)CC2)cc1. The van der Waals surface area contributed by atoms with Gasteiger partial charge in [-0.1, -0.05) is 44.0 Å². The minimum absolute atomic E-state index is 0.0272. The lowest BCUT2D eigenvalue weighted by Gasteiger charge is -2.30. The summed E-state index contributed by atoms with van der Waals surface area (Å²) in [6, 6.07) is 16.1. The lowest BCUT2D eigenvalue weighted by atomic mass is 9.97. The molecule has 7 heteroatoms. The molecule has 0 aromatic heterocycles. The highest BCUT2D eigenvalue weighted by molar-refractivity contribution is 7.89. The van der Waals surface area contributed by atoms with Crippen molar-refractivity contribution >= 4 is 21.6 Å². The van der Waals surface area contributed by atoms with Gasteiger partial charge in [0, 0.05) is 24.7 Å². The third-order valence-corrected chi connectivity index (χ3v) is 7.70. The van der Waals surface area contributed by atoms with Crippen LogP contribution >= 0.6 is 0 Å². The summed E-state index contributed by atoms with van der Waals surface area (Å²) in [5, 5.41) is 12.2. The Morgan fingerprint density at radius 1 is 1.10 bits per heavy atom. The summed E-state index contributed by atoms with van der Waals surface area (Å²) in [5.41, 5.74) is 2.17. The number of benzene rings is 2. The van der Waals surface area contributed by atoms with Gasteiger partial charge >= 0.3 is 0 Å². The van der Waals surface area contributed by atoms with E-state index in [2.05, 4.69) is 12.2 Å². The molecule has 1 aliphatic heterocycles. The number of aryl methyl sites for hydroxylation is 1. The highest BCUT2D eigenvalue weighted by atomic mass is 32.2. The van der Waals surface area contributed by atoms with Gasteiger partial charge in [-0.05, 0) is 55.5 Å². The van der Waals surface area contributed by atoms with Crippen LogP contribution in [0.15, 0.2) is 53.4 Å². The molecule has 0 bridgehead atoms. The zero-order chi connectivity index (χ0) is 22.3. The van der Waals surface area contributed by atoms with E-state index in [9.17, 15) is 18.5 Å². The molecule has 3 rings (SSSR count). The quantitative estimate of drug-likeness (QED) is 0.620. The Kier molecular flexibility index (Phi) is 7.83. The molecule has 0 atom stereocenters. The van der Waals surface area contributed by atoms with Crippen molar-refractivity contribution in [3.05, 3.63) is 59.7 Å². The zero-order valence-corrected chi connectivity index (χ0v) is 18.7. The molecule has 0 unspecified atom stereocenters. The van der Waals surface area contributed by atoms with Crippen LogP contribution in [0, 0.1) is 17.2 Å². The molecule has 1 heterocycles. The average molecular weight is 440 g/mol. The van der Waals surface area contributed by atoms with E-state index >= 15 is 0 Å². The van der Waals surface area contributed by atoms with E-state index < -0.39 is 10.0 Å². The monoisotopic (exact) mass is 439 g/mol. The molecule has 31 heavy (non-hydrogen) atoms. The fourth-order valence-corrected chi connectivity index (χ4v) is 5.47. The summed E-state index contributed by atoms with van der Waals surface area (Å²) in [5.74, 6) is -0.310. The van der Waals surface area contributed by atoms with Crippen molar-refractivity contribution in [2.45, 2.75) is 50.3 Å². The average Bonchev–Trinajstić information content (AvgIpc) is 2.80. The van der Waals surface area contributed by atoms with E-state index in [1.165, 1.54) is 41.3 Å². The Morgan fingerprint density at radius 3 is 2.42 bits per heavy atom. The second kappa shape index (κ2) is 10.6. The van der Waals surface area contributed by atoms with E-state index in [4.69, 9.17) is 0 Å². The van der Waals surface area contributed by atoms with Crippen molar-refractivity contribution in [3.8, 4) is 6.07 Å². The van der Waals surface area contributed by atoms with Crippen LogP contribution in [-0.4, -0.2) is 31.7 Å². The maximum absolute atomic E-state index is 12.9. The third kappa shape index (κ3) is 5.72. The van der Waals surface area contributed by atoms with Gasteiger partial charge in [0.15, 0.2) is 0 Å². The molecule has 1 amide bonds. The van der Waals surface area contributed by atoms with Gasteiger partial charge in [-0.15, -0.1) is 0 Å². The van der Waals surface area contributed by atoms with E-state index in [0.29, 0.717) is 12.8 Å². The summed E-state index contributed by atoms with van der Waals surface area (Å²) in [6.45, 7) is 2.71. The highest BCUT2D eigenvalue weighted by Gasteiger charge is 2.33. The number of piperidine rings is 1. The van der Waals surface area contributed by atoms with Gasteiger partial charge in [-0.2, -0.15) is 9.57 Å². The largest absolute Gasteiger partial charge is 0.326 e. The van der Waals surface area contributed by atoms with Crippen LogP contribution in [-0.2, 0) is 21.2 Å². The minimum Gasteiger partial charge on any atom is -0.326 e. The zero-order valence-electron chi connectivity index (χ0n) is 17.9. The topological polar surface area (TPSA) is 90.3 Å². The summed E-state index contributed by atoms with van der Waals surface area (Å²) < 4.78 is 27.2. The number of rotatable bonds is 8. The number of carbonyl (C=O) groups is 1. The summed E-state index contributed by atoms with van der Waals surface area (Å²) in [4.78, 5) is 12.7. The number of hydrogen-bond acceptors (Lipinski definition) is 4. The van der Waals surface area contributed by atoms with E-state index in [-0.39, 0.29) is 35.4 Å². The fourth-order valence-electron chi connectivity index (χ4n) is 3.86. The maximum atomic E-state index is 12.9. The second-order valence-electron chi connectivity index (χ2n) is 7.93. The van der Waals surface area contributed by atoms with Crippen molar-refractivity contribution in [2.24, 2.45) is 5.92 Å². The smallest absolute Gasteiger partial charge is 0.244 e. The molecule has 2 aromatic rings. The molecule has 1 saturated heterocycles. The molecule has 1 aliphatic rings. The molecular weight excluding hydrogens is 410 g/mol. The number of amides is 1. The van der Waals surface area contributed by atoms with Crippen molar-refractivity contribution in [3.63, 3.8) is 0 Å². The minimum atomic E-state index is -3.75. The predicted molar refractivity (Wildman–Crippen MR) is 121 cm³/mol. The standard InChI is InChI=1S/C24H29N3O3S/c1-2-3-4-7-19-10-12-22(13-11-19)26-24(28)20-14-16-27(17-15-20)31(29,30)23-9-6-5-8-21(23)18-25/h5-6,8-13,20H,2-4,7,14-17H2,1H3,(H,26,28). The normalized spacial score (nSPS) is 15.4. The molecule has 6 nitrogen and oxygen atoms in total. The van der Waals surface area contributed by atoms with Crippen LogP contribution in [0.2, 0.25) is 0 Å². The molecule has 1 N–H and O–H groups in total. The second-order valence-corrected chi connectivity index (χ2v) is 9.84. The number of nitrogens with one attached hydrogen (secondary N) is 1. The van der Waals surface area contributed by atoms with Crippen molar-refractivity contribution in [2.75, 3.05) is 18.4 Å². The first kappa shape index (κ1) is 23.0. The Labute approximate surface area is 184 Å². The number of unbranched alkanes of at least 4 members (excludes halogenated alkanes) is 2. The van der Waals surface area contributed by atoms with Crippen LogP contribution in [0.25, 0.3) is 0 Å². The maximum Gasteiger partial charge on any atom is 0.244 e. The van der Waals surface area contributed by atoms with Gasteiger partial charge in [-0.25, -0.2) is 8.42 Å². The van der Waals surface area contributed by atoms with E-state index in [0.717, 1.165) is 12.1 Å². The molecule has 1 fully saturated rings. The van der Waals surface area contributed by atoms with Gasteiger partial charge < -0.3 is 5.32 Å². The van der Waals surface area contributed by atoms with Gasteiger partial charge in [0.25, 0.3) is 0 Å². The molecule has 2 aromatic carbocycles. The first-order chi connectivity index (χ1) is 15.0. The number of sulfonamides is 1. The Bertz CT molecular complexity index is 1030. The number of nitrogens with zero attached hydrogens (tertiary/aromatic N) is 2. The molecular formula is C24H29N3O3S. The molecule has 164 valence electrons.